The van der Waals surface area contributed by atoms with Crippen LogP contribution in [0, 0.1) is 5.82 Å². The topological polar surface area (TPSA) is 35.9 Å². The lowest BCUT2D eigenvalue weighted by Crippen LogP contribution is -2.49. The lowest BCUT2D eigenvalue weighted by atomic mass is 10.0. The molecule has 162 valence electrons. The highest BCUT2D eigenvalue weighted by Gasteiger charge is 2.21. The molecule has 1 N–H and O–H groups in total. The van der Waals surface area contributed by atoms with Crippen LogP contribution in [-0.4, -0.2) is 55.4 Å². The molecule has 0 bridgehead atoms. The van der Waals surface area contributed by atoms with Gasteiger partial charge in [-0.2, -0.15) is 0 Å². The minimum atomic E-state index is -0.546. The summed E-state index contributed by atoms with van der Waals surface area (Å²) in [6, 6.07) is 14.9. The maximum absolute atomic E-state index is 13.9. The molecule has 0 aromatic heterocycles. The Hall–Kier alpha value is -1.53. The van der Waals surface area contributed by atoms with E-state index in [-0.39, 0.29) is 37.2 Å². The zero-order valence-corrected chi connectivity index (χ0v) is 18.6. The standard InChI is InChI=1S/C22H29FN2O2.2ClH/c1-17(2)18-7-9-20(10-8-18)27-16-19(26)15-24-11-13-25(14-12-24)22-6-4-3-5-21(22)23;;/h3-10,17,19,26H,11-16H2,1-2H3;2*1H. The van der Waals surface area contributed by atoms with Crippen molar-refractivity contribution in [2.24, 2.45) is 0 Å². The summed E-state index contributed by atoms with van der Waals surface area (Å²) in [4.78, 5) is 4.26. The number of hydrogen-bond donors (Lipinski definition) is 1. The predicted octanol–water partition coefficient (Wildman–Crippen LogP) is 4.35. The lowest BCUT2D eigenvalue weighted by molar-refractivity contribution is 0.0662. The van der Waals surface area contributed by atoms with E-state index >= 15 is 0 Å². The van der Waals surface area contributed by atoms with Gasteiger partial charge < -0.3 is 14.7 Å². The van der Waals surface area contributed by atoms with Gasteiger partial charge in [0.25, 0.3) is 0 Å². The highest BCUT2D eigenvalue weighted by atomic mass is 35.5. The molecule has 3 rings (SSSR count). The number of ether oxygens (including phenoxy) is 1. The Bertz CT molecular complexity index is 723. The fourth-order valence-electron chi connectivity index (χ4n) is 3.37. The molecule has 0 amide bonds. The second-order valence-corrected chi connectivity index (χ2v) is 7.43. The maximum Gasteiger partial charge on any atom is 0.146 e. The average Bonchev–Trinajstić information content (AvgIpc) is 2.68. The van der Waals surface area contributed by atoms with Crippen molar-refractivity contribution in [1.29, 1.82) is 0 Å². The van der Waals surface area contributed by atoms with E-state index in [9.17, 15) is 9.50 Å². The normalized spacial score (nSPS) is 15.4. The van der Waals surface area contributed by atoms with Gasteiger partial charge in [0.15, 0.2) is 0 Å². The van der Waals surface area contributed by atoms with E-state index in [0.717, 1.165) is 31.9 Å². The molecule has 0 aliphatic carbocycles. The smallest absolute Gasteiger partial charge is 0.146 e. The van der Waals surface area contributed by atoms with Gasteiger partial charge in [-0.15, -0.1) is 24.8 Å². The Kier molecular flexibility index (Phi) is 10.8. The number of anilines is 1. The Morgan fingerprint density at radius 2 is 1.59 bits per heavy atom. The molecule has 1 aliphatic rings. The highest BCUT2D eigenvalue weighted by molar-refractivity contribution is 5.85. The van der Waals surface area contributed by atoms with E-state index in [1.807, 2.05) is 24.3 Å². The van der Waals surface area contributed by atoms with Gasteiger partial charge in [-0.05, 0) is 35.7 Å². The van der Waals surface area contributed by atoms with Crippen LogP contribution in [0.5, 0.6) is 5.75 Å². The van der Waals surface area contributed by atoms with Gasteiger partial charge in [0.2, 0.25) is 0 Å². The molecule has 7 heteroatoms. The molecule has 4 nitrogen and oxygen atoms in total. The summed E-state index contributed by atoms with van der Waals surface area (Å²) in [6.07, 6.45) is -0.546. The molecule has 29 heavy (non-hydrogen) atoms. The third-order valence-corrected chi connectivity index (χ3v) is 5.02. The minimum Gasteiger partial charge on any atom is -0.491 e. The van der Waals surface area contributed by atoms with E-state index < -0.39 is 6.10 Å². The van der Waals surface area contributed by atoms with Crippen LogP contribution in [0.1, 0.15) is 25.3 Å². The lowest BCUT2D eigenvalue weighted by Gasteiger charge is -2.36. The van der Waals surface area contributed by atoms with Crippen LogP contribution < -0.4 is 9.64 Å². The maximum atomic E-state index is 13.9. The van der Waals surface area contributed by atoms with Crippen molar-refractivity contribution < 1.29 is 14.2 Å². The first-order chi connectivity index (χ1) is 13.0. The first-order valence-corrected chi connectivity index (χ1v) is 9.65. The van der Waals surface area contributed by atoms with Crippen LogP contribution in [0.4, 0.5) is 10.1 Å². The summed E-state index contributed by atoms with van der Waals surface area (Å²) in [5.74, 6) is 1.10. The summed E-state index contributed by atoms with van der Waals surface area (Å²) < 4.78 is 19.6. The molecular weight excluding hydrogens is 414 g/mol. The van der Waals surface area contributed by atoms with Crippen molar-refractivity contribution in [1.82, 2.24) is 4.90 Å². The molecule has 1 aliphatic heterocycles. The van der Waals surface area contributed by atoms with Crippen LogP contribution in [0.15, 0.2) is 48.5 Å². The number of rotatable bonds is 7. The summed E-state index contributed by atoms with van der Waals surface area (Å²) in [5, 5.41) is 10.3. The summed E-state index contributed by atoms with van der Waals surface area (Å²) in [7, 11) is 0. The average molecular weight is 445 g/mol. The number of benzene rings is 2. The second kappa shape index (κ2) is 12.2. The van der Waals surface area contributed by atoms with Gasteiger partial charge in [0, 0.05) is 32.7 Å². The molecule has 0 radical (unpaired) electrons. The van der Waals surface area contributed by atoms with Crippen LogP contribution in [0.3, 0.4) is 0 Å². The van der Waals surface area contributed by atoms with Crippen molar-refractivity contribution in [3.63, 3.8) is 0 Å². The Balaban J connectivity index is 0.00000210. The quantitative estimate of drug-likeness (QED) is 0.688. The number of piperazine rings is 1. The van der Waals surface area contributed by atoms with E-state index in [2.05, 4.69) is 35.8 Å². The SMILES string of the molecule is CC(C)c1ccc(OCC(O)CN2CCN(c3ccccc3F)CC2)cc1.Cl.Cl. The fourth-order valence-corrected chi connectivity index (χ4v) is 3.37. The highest BCUT2D eigenvalue weighted by Crippen LogP contribution is 2.21. The van der Waals surface area contributed by atoms with Crippen molar-refractivity contribution >= 4 is 30.5 Å². The molecule has 1 saturated heterocycles. The van der Waals surface area contributed by atoms with E-state index in [1.165, 1.54) is 11.6 Å². The molecular formula is C22H31Cl2FN2O2. The number of aliphatic hydroxyl groups excluding tert-OH is 1. The fraction of sp³-hybridized carbons (Fsp3) is 0.455. The Morgan fingerprint density at radius 1 is 0.966 bits per heavy atom. The third kappa shape index (κ3) is 7.34. The van der Waals surface area contributed by atoms with Gasteiger partial charge in [0.05, 0.1) is 5.69 Å². The molecule has 0 spiro atoms. The van der Waals surface area contributed by atoms with Gasteiger partial charge in [0.1, 0.15) is 24.3 Å². The summed E-state index contributed by atoms with van der Waals surface area (Å²) in [5.41, 5.74) is 1.93. The van der Waals surface area contributed by atoms with E-state index in [1.54, 1.807) is 6.07 Å². The van der Waals surface area contributed by atoms with E-state index in [4.69, 9.17) is 4.74 Å². The second-order valence-electron chi connectivity index (χ2n) is 7.43. The van der Waals surface area contributed by atoms with Crippen LogP contribution in [0.2, 0.25) is 0 Å². The summed E-state index contributed by atoms with van der Waals surface area (Å²) in [6.45, 7) is 8.26. The monoisotopic (exact) mass is 444 g/mol. The molecule has 2 aromatic rings. The van der Waals surface area contributed by atoms with Crippen molar-refractivity contribution in [2.75, 3.05) is 44.2 Å². The Morgan fingerprint density at radius 3 is 2.17 bits per heavy atom. The number of para-hydroxylation sites is 1. The minimum absolute atomic E-state index is 0. The third-order valence-electron chi connectivity index (χ3n) is 5.02. The van der Waals surface area contributed by atoms with Crippen molar-refractivity contribution in [2.45, 2.75) is 25.9 Å². The Labute approximate surface area is 185 Å². The zero-order valence-electron chi connectivity index (χ0n) is 17.0. The first kappa shape index (κ1) is 25.5. The number of halogens is 3. The number of hydrogen-bond acceptors (Lipinski definition) is 4. The zero-order chi connectivity index (χ0) is 19.2. The molecule has 1 unspecified atom stereocenters. The predicted molar refractivity (Wildman–Crippen MR) is 122 cm³/mol. The number of nitrogens with zero attached hydrogens (tertiary/aromatic N) is 2. The molecule has 0 saturated carbocycles. The molecule has 1 fully saturated rings. The van der Waals surface area contributed by atoms with Gasteiger partial charge >= 0.3 is 0 Å². The van der Waals surface area contributed by atoms with Gasteiger partial charge in [-0.25, -0.2) is 4.39 Å². The van der Waals surface area contributed by atoms with Crippen LogP contribution in [0.25, 0.3) is 0 Å². The number of aliphatic hydroxyl groups is 1. The molecule has 1 heterocycles. The van der Waals surface area contributed by atoms with Crippen LogP contribution in [-0.2, 0) is 0 Å². The molecule has 1 atom stereocenters. The number of β-amino-alcohol motifs (C(OH)–C–C–N with tert-alkyl or cyclic N) is 1. The van der Waals surface area contributed by atoms with Crippen LogP contribution >= 0.6 is 24.8 Å². The van der Waals surface area contributed by atoms with Gasteiger partial charge in [-0.1, -0.05) is 38.1 Å². The van der Waals surface area contributed by atoms with E-state index in [0.29, 0.717) is 18.2 Å². The largest absolute Gasteiger partial charge is 0.491 e. The van der Waals surface area contributed by atoms with Crippen molar-refractivity contribution in [3.05, 3.63) is 59.9 Å². The van der Waals surface area contributed by atoms with Crippen molar-refractivity contribution in [3.8, 4) is 5.75 Å². The summed E-state index contributed by atoms with van der Waals surface area (Å²) >= 11 is 0. The van der Waals surface area contributed by atoms with Gasteiger partial charge in [-0.3, -0.25) is 4.90 Å². The molecule has 2 aromatic carbocycles. The first-order valence-electron chi connectivity index (χ1n) is 9.65.